The number of carboxylic acids is 1. The van der Waals surface area contributed by atoms with Crippen LogP contribution in [0.15, 0.2) is 30.3 Å². The largest absolute Gasteiger partial charge is 0.481 e. The molecular formula is C16H23NO3. The summed E-state index contributed by atoms with van der Waals surface area (Å²) in [6.45, 7) is 3.42. The number of hydrogen-bond donors (Lipinski definition) is 1. The molecule has 4 heteroatoms. The van der Waals surface area contributed by atoms with Gasteiger partial charge in [0.2, 0.25) is 0 Å². The minimum Gasteiger partial charge on any atom is -0.481 e. The average molecular weight is 277 g/mol. The zero-order valence-electron chi connectivity index (χ0n) is 12.0. The van der Waals surface area contributed by atoms with Crippen molar-refractivity contribution in [2.24, 2.45) is 0 Å². The number of rotatable bonds is 6. The lowest BCUT2D eigenvalue weighted by Gasteiger charge is -2.39. The van der Waals surface area contributed by atoms with Gasteiger partial charge in [-0.3, -0.25) is 4.79 Å². The first-order valence-corrected chi connectivity index (χ1v) is 7.19. The van der Waals surface area contributed by atoms with Gasteiger partial charge in [-0.15, -0.1) is 0 Å². The number of ether oxygens (including phenoxy) is 1. The molecule has 2 rings (SSSR count). The van der Waals surface area contributed by atoms with Crippen LogP contribution in [0.5, 0.6) is 0 Å². The Kier molecular flexibility index (Phi) is 5.15. The molecule has 0 bridgehead atoms. The number of carbonyl (C=O) groups is 1. The Morgan fingerprint density at radius 2 is 1.95 bits per heavy atom. The van der Waals surface area contributed by atoms with Gasteiger partial charge in [-0.2, -0.15) is 0 Å². The Labute approximate surface area is 120 Å². The van der Waals surface area contributed by atoms with Gasteiger partial charge in [-0.25, -0.2) is 0 Å². The van der Waals surface area contributed by atoms with Gasteiger partial charge in [-0.05, 0) is 37.9 Å². The van der Waals surface area contributed by atoms with E-state index in [0.29, 0.717) is 12.8 Å². The predicted octanol–water partition coefficient (Wildman–Crippen LogP) is 2.14. The van der Waals surface area contributed by atoms with Crippen molar-refractivity contribution in [3.63, 3.8) is 0 Å². The van der Waals surface area contributed by atoms with E-state index in [1.165, 1.54) is 0 Å². The van der Waals surface area contributed by atoms with Crippen molar-refractivity contribution >= 4 is 5.97 Å². The summed E-state index contributed by atoms with van der Waals surface area (Å²) in [6, 6.07) is 9.65. The Morgan fingerprint density at radius 1 is 1.30 bits per heavy atom. The van der Waals surface area contributed by atoms with Gasteiger partial charge >= 0.3 is 5.97 Å². The van der Waals surface area contributed by atoms with Crippen molar-refractivity contribution in [2.75, 3.05) is 33.4 Å². The van der Waals surface area contributed by atoms with E-state index < -0.39 is 11.4 Å². The van der Waals surface area contributed by atoms with E-state index in [0.717, 1.165) is 38.2 Å². The quantitative estimate of drug-likeness (QED) is 0.809. The minimum absolute atomic E-state index is 0.680. The summed E-state index contributed by atoms with van der Waals surface area (Å²) in [5.74, 6) is -0.694. The number of benzene rings is 1. The second kappa shape index (κ2) is 6.86. The van der Waals surface area contributed by atoms with Gasteiger partial charge in [0.15, 0.2) is 0 Å². The van der Waals surface area contributed by atoms with Gasteiger partial charge in [0.25, 0.3) is 0 Å². The summed E-state index contributed by atoms with van der Waals surface area (Å²) in [5, 5.41) is 9.70. The number of methoxy groups -OCH3 is 1. The number of likely N-dealkylation sites (tertiary alicyclic amines) is 1. The van der Waals surface area contributed by atoms with Crippen LogP contribution in [0.25, 0.3) is 0 Å². The normalized spacial score (nSPS) is 18.9. The monoisotopic (exact) mass is 277 g/mol. The number of hydrogen-bond acceptors (Lipinski definition) is 3. The van der Waals surface area contributed by atoms with Gasteiger partial charge in [0.05, 0.1) is 5.41 Å². The number of nitrogens with zero attached hydrogens (tertiary/aromatic N) is 1. The molecule has 0 amide bonds. The SMILES string of the molecule is COCCCN1CCC(C(=O)O)(c2ccccc2)CC1. The van der Waals surface area contributed by atoms with Crippen LogP contribution in [0.2, 0.25) is 0 Å². The second-order valence-electron chi connectivity index (χ2n) is 5.44. The summed E-state index contributed by atoms with van der Waals surface area (Å²) in [5.41, 5.74) is 0.225. The molecule has 0 aliphatic carbocycles. The smallest absolute Gasteiger partial charge is 0.314 e. The molecule has 0 atom stereocenters. The Hall–Kier alpha value is -1.39. The highest BCUT2D eigenvalue weighted by Gasteiger charge is 2.42. The standard InChI is InChI=1S/C16H23NO3/c1-20-13-5-10-17-11-8-16(9-12-17,15(18)19)14-6-3-2-4-7-14/h2-4,6-7H,5,8-13H2,1H3,(H,18,19). The number of aliphatic carboxylic acids is 1. The second-order valence-corrected chi connectivity index (χ2v) is 5.44. The van der Waals surface area contributed by atoms with E-state index in [1.54, 1.807) is 7.11 Å². The van der Waals surface area contributed by atoms with Gasteiger partial charge in [0, 0.05) is 20.3 Å². The molecule has 0 spiro atoms. The van der Waals surface area contributed by atoms with Gasteiger partial charge in [-0.1, -0.05) is 30.3 Å². The van der Waals surface area contributed by atoms with Crippen molar-refractivity contribution in [3.8, 4) is 0 Å². The fraction of sp³-hybridized carbons (Fsp3) is 0.562. The average Bonchev–Trinajstić information content (AvgIpc) is 2.49. The van der Waals surface area contributed by atoms with Crippen LogP contribution in [0.3, 0.4) is 0 Å². The summed E-state index contributed by atoms with van der Waals surface area (Å²) >= 11 is 0. The Balaban J connectivity index is 2.02. The maximum Gasteiger partial charge on any atom is 0.314 e. The summed E-state index contributed by atoms with van der Waals surface area (Å²) < 4.78 is 5.06. The molecule has 1 heterocycles. The molecule has 1 N–H and O–H groups in total. The first-order valence-electron chi connectivity index (χ1n) is 7.19. The molecule has 1 saturated heterocycles. The third-order valence-electron chi connectivity index (χ3n) is 4.27. The van der Waals surface area contributed by atoms with E-state index in [9.17, 15) is 9.90 Å². The zero-order chi connectivity index (χ0) is 14.4. The van der Waals surface area contributed by atoms with Crippen molar-refractivity contribution in [1.29, 1.82) is 0 Å². The topological polar surface area (TPSA) is 49.8 Å². The van der Waals surface area contributed by atoms with E-state index in [1.807, 2.05) is 30.3 Å². The minimum atomic E-state index is -0.709. The first kappa shape index (κ1) is 15.0. The van der Waals surface area contributed by atoms with E-state index >= 15 is 0 Å². The van der Waals surface area contributed by atoms with E-state index in [2.05, 4.69) is 4.90 Å². The van der Waals surface area contributed by atoms with E-state index in [4.69, 9.17) is 4.74 Å². The third kappa shape index (κ3) is 3.19. The van der Waals surface area contributed by atoms with Crippen LogP contribution in [-0.4, -0.2) is 49.3 Å². The zero-order valence-corrected chi connectivity index (χ0v) is 12.0. The fourth-order valence-electron chi connectivity index (χ4n) is 2.97. The van der Waals surface area contributed by atoms with Crippen molar-refractivity contribution in [3.05, 3.63) is 35.9 Å². The molecule has 110 valence electrons. The molecule has 20 heavy (non-hydrogen) atoms. The predicted molar refractivity (Wildman–Crippen MR) is 77.9 cm³/mol. The van der Waals surface area contributed by atoms with Crippen LogP contribution in [0.1, 0.15) is 24.8 Å². The summed E-state index contributed by atoms with van der Waals surface area (Å²) in [4.78, 5) is 14.1. The molecule has 0 unspecified atom stereocenters. The maximum atomic E-state index is 11.8. The molecule has 1 aromatic rings. The highest BCUT2D eigenvalue weighted by Crippen LogP contribution is 2.35. The number of carboxylic acid groups (broad SMARTS) is 1. The molecule has 1 fully saturated rings. The Bertz CT molecular complexity index is 425. The highest BCUT2D eigenvalue weighted by molar-refractivity contribution is 5.81. The van der Waals surface area contributed by atoms with Crippen molar-refractivity contribution in [1.82, 2.24) is 4.90 Å². The molecule has 1 aromatic carbocycles. The summed E-state index contributed by atoms with van der Waals surface area (Å²) in [7, 11) is 1.71. The lowest BCUT2D eigenvalue weighted by atomic mass is 9.73. The molecule has 1 aliphatic heterocycles. The third-order valence-corrected chi connectivity index (χ3v) is 4.27. The number of piperidine rings is 1. The molecule has 4 nitrogen and oxygen atoms in total. The molecule has 0 radical (unpaired) electrons. The van der Waals surface area contributed by atoms with Crippen LogP contribution in [-0.2, 0) is 14.9 Å². The van der Waals surface area contributed by atoms with Crippen LogP contribution < -0.4 is 0 Å². The highest BCUT2D eigenvalue weighted by atomic mass is 16.5. The lowest BCUT2D eigenvalue weighted by Crippen LogP contribution is -2.47. The van der Waals surface area contributed by atoms with Crippen LogP contribution in [0.4, 0.5) is 0 Å². The fourth-order valence-corrected chi connectivity index (χ4v) is 2.97. The van der Waals surface area contributed by atoms with Gasteiger partial charge in [0.1, 0.15) is 0 Å². The van der Waals surface area contributed by atoms with E-state index in [-0.39, 0.29) is 0 Å². The van der Waals surface area contributed by atoms with Crippen LogP contribution in [0, 0.1) is 0 Å². The van der Waals surface area contributed by atoms with Crippen LogP contribution >= 0.6 is 0 Å². The Morgan fingerprint density at radius 3 is 2.50 bits per heavy atom. The molecular weight excluding hydrogens is 254 g/mol. The molecule has 0 aromatic heterocycles. The first-order chi connectivity index (χ1) is 9.69. The maximum absolute atomic E-state index is 11.8. The molecule has 1 aliphatic rings. The van der Waals surface area contributed by atoms with Gasteiger partial charge < -0.3 is 14.7 Å². The lowest BCUT2D eigenvalue weighted by molar-refractivity contribution is -0.146. The molecule has 0 saturated carbocycles. The summed E-state index contributed by atoms with van der Waals surface area (Å²) in [6.07, 6.45) is 2.36. The van der Waals surface area contributed by atoms with Crippen molar-refractivity contribution < 1.29 is 14.6 Å². The van der Waals surface area contributed by atoms with Crippen molar-refractivity contribution in [2.45, 2.75) is 24.7 Å².